The van der Waals surface area contributed by atoms with Gasteiger partial charge in [0.15, 0.2) is 0 Å². The molecule has 0 spiro atoms. The summed E-state index contributed by atoms with van der Waals surface area (Å²) in [6.07, 6.45) is 3.61. The van der Waals surface area contributed by atoms with Gasteiger partial charge in [0.05, 0.1) is 0 Å². The van der Waals surface area contributed by atoms with Crippen LogP contribution in [-0.4, -0.2) is 24.9 Å². The van der Waals surface area contributed by atoms with Crippen LogP contribution in [0.15, 0.2) is 30.3 Å². The van der Waals surface area contributed by atoms with Crippen molar-refractivity contribution in [3.63, 3.8) is 0 Å². The Morgan fingerprint density at radius 1 is 1.15 bits per heavy atom. The Bertz CT molecular complexity index is 418. The van der Waals surface area contributed by atoms with Crippen LogP contribution < -0.4 is 10.2 Å². The molecule has 0 fully saturated rings. The Morgan fingerprint density at radius 2 is 1.85 bits per heavy atom. The molecule has 4 heteroatoms. The van der Waals surface area contributed by atoms with Crippen LogP contribution in [-0.2, 0) is 9.59 Å². The van der Waals surface area contributed by atoms with Crippen molar-refractivity contribution >= 4 is 17.5 Å². The molecule has 110 valence electrons. The molecule has 0 aliphatic heterocycles. The highest BCUT2D eigenvalue weighted by Crippen LogP contribution is 2.13. The lowest BCUT2D eigenvalue weighted by Gasteiger charge is -2.20. The van der Waals surface area contributed by atoms with Crippen molar-refractivity contribution in [1.82, 2.24) is 5.32 Å². The molecule has 0 bridgehead atoms. The third-order valence-corrected chi connectivity index (χ3v) is 3.11. The summed E-state index contributed by atoms with van der Waals surface area (Å²) in [6.45, 7) is 4.79. The van der Waals surface area contributed by atoms with Crippen LogP contribution >= 0.6 is 0 Å². The number of rotatable bonds is 8. The van der Waals surface area contributed by atoms with E-state index in [9.17, 15) is 9.59 Å². The van der Waals surface area contributed by atoms with Gasteiger partial charge in [0, 0.05) is 32.1 Å². The average molecular weight is 276 g/mol. The van der Waals surface area contributed by atoms with E-state index in [1.54, 1.807) is 4.90 Å². The summed E-state index contributed by atoms with van der Waals surface area (Å²) < 4.78 is 0. The molecule has 0 aliphatic carbocycles. The number of hydrogen-bond acceptors (Lipinski definition) is 2. The minimum Gasteiger partial charge on any atom is -0.356 e. The lowest BCUT2D eigenvalue weighted by atomic mass is 10.2. The molecular weight excluding hydrogens is 252 g/mol. The molecule has 1 rings (SSSR count). The van der Waals surface area contributed by atoms with E-state index in [1.165, 1.54) is 6.92 Å². The van der Waals surface area contributed by atoms with Crippen molar-refractivity contribution in [1.29, 1.82) is 0 Å². The molecule has 0 radical (unpaired) electrons. The molecule has 0 aromatic heterocycles. The normalized spacial score (nSPS) is 10.1. The fraction of sp³-hybridized carbons (Fsp3) is 0.500. The maximum atomic E-state index is 11.7. The quantitative estimate of drug-likeness (QED) is 0.742. The highest BCUT2D eigenvalue weighted by atomic mass is 16.2. The Hall–Kier alpha value is -1.84. The fourth-order valence-electron chi connectivity index (χ4n) is 1.98. The zero-order valence-electron chi connectivity index (χ0n) is 12.4. The van der Waals surface area contributed by atoms with Crippen LogP contribution in [0.4, 0.5) is 5.69 Å². The van der Waals surface area contributed by atoms with E-state index in [0.717, 1.165) is 31.5 Å². The zero-order chi connectivity index (χ0) is 14.8. The third-order valence-electron chi connectivity index (χ3n) is 3.11. The van der Waals surface area contributed by atoms with Crippen molar-refractivity contribution in [2.75, 3.05) is 18.0 Å². The van der Waals surface area contributed by atoms with Crippen molar-refractivity contribution in [2.24, 2.45) is 0 Å². The lowest BCUT2D eigenvalue weighted by Crippen LogP contribution is -2.34. The zero-order valence-corrected chi connectivity index (χ0v) is 12.4. The molecule has 1 aromatic rings. The van der Waals surface area contributed by atoms with Crippen LogP contribution in [0.25, 0.3) is 0 Å². The number of carbonyl (C=O) groups is 2. The Kier molecular flexibility index (Phi) is 7.40. The molecule has 0 saturated heterocycles. The molecular formula is C16H24N2O2. The molecule has 1 aromatic carbocycles. The molecule has 1 N–H and O–H groups in total. The molecule has 2 amide bonds. The second-order valence-electron chi connectivity index (χ2n) is 4.81. The Labute approximate surface area is 121 Å². The predicted octanol–water partition coefficient (Wildman–Crippen LogP) is 2.74. The number of carbonyl (C=O) groups excluding carboxylic acids is 2. The van der Waals surface area contributed by atoms with E-state index >= 15 is 0 Å². The number of benzene rings is 1. The molecule has 0 unspecified atom stereocenters. The monoisotopic (exact) mass is 276 g/mol. The highest BCUT2D eigenvalue weighted by molar-refractivity contribution is 5.92. The second-order valence-corrected chi connectivity index (χ2v) is 4.81. The topological polar surface area (TPSA) is 49.4 Å². The van der Waals surface area contributed by atoms with E-state index in [2.05, 4.69) is 12.2 Å². The minimum atomic E-state index is -0.0463. The van der Waals surface area contributed by atoms with E-state index in [4.69, 9.17) is 0 Å². The van der Waals surface area contributed by atoms with Gasteiger partial charge in [-0.2, -0.15) is 0 Å². The number of hydrogen-bond donors (Lipinski definition) is 1. The van der Waals surface area contributed by atoms with Crippen LogP contribution in [0.3, 0.4) is 0 Å². The first-order chi connectivity index (χ1) is 9.65. The fourth-order valence-corrected chi connectivity index (χ4v) is 1.98. The molecule has 20 heavy (non-hydrogen) atoms. The van der Waals surface area contributed by atoms with Crippen molar-refractivity contribution < 1.29 is 9.59 Å². The number of para-hydroxylation sites is 1. The Morgan fingerprint density at radius 3 is 2.45 bits per heavy atom. The van der Waals surface area contributed by atoms with E-state index in [0.29, 0.717) is 13.0 Å². The average Bonchev–Trinajstić information content (AvgIpc) is 2.44. The molecule has 0 saturated carbocycles. The summed E-state index contributed by atoms with van der Waals surface area (Å²) in [5.74, 6) is -0.0433. The number of nitrogens with zero attached hydrogens (tertiary/aromatic N) is 1. The second kappa shape index (κ2) is 9.13. The standard InChI is InChI=1S/C16H24N2O2/c1-3-4-8-12-17-16(20)11-13-18(14(2)19)15-9-6-5-7-10-15/h5-7,9-10H,3-4,8,11-13H2,1-2H3,(H,17,20). The molecule has 4 nitrogen and oxygen atoms in total. The minimum absolute atomic E-state index is 0.00304. The van der Waals surface area contributed by atoms with Crippen molar-refractivity contribution in [3.8, 4) is 0 Å². The van der Waals surface area contributed by atoms with Gasteiger partial charge >= 0.3 is 0 Å². The van der Waals surface area contributed by atoms with Gasteiger partial charge in [-0.3, -0.25) is 9.59 Å². The van der Waals surface area contributed by atoms with Crippen molar-refractivity contribution in [2.45, 2.75) is 39.5 Å². The molecule has 0 atom stereocenters. The van der Waals surface area contributed by atoms with E-state index in [-0.39, 0.29) is 11.8 Å². The van der Waals surface area contributed by atoms with Gasteiger partial charge in [-0.25, -0.2) is 0 Å². The van der Waals surface area contributed by atoms with Gasteiger partial charge in [0.2, 0.25) is 11.8 Å². The maximum absolute atomic E-state index is 11.7. The van der Waals surface area contributed by atoms with Gasteiger partial charge in [-0.05, 0) is 18.6 Å². The first-order valence-electron chi connectivity index (χ1n) is 7.25. The van der Waals surface area contributed by atoms with Gasteiger partial charge < -0.3 is 10.2 Å². The van der Waals surface area contributed by atoms with Crippen molar-refractivity contribution in [3.05, 3.63) is 30.3 Å². The number of anilines is 1. The summed E-state index contributed by atoms with van der Waals surface area (Å²) >= 11 is 0. The largest absolute Gasteiger partial charge is 0.356 e. The lowest BCUT2D eigenvalue weighted by molar-refractivity contribution is -0.121. The van der Waals surface area contributed by atoms with E-state index < -0.39 is 0 Å². The summed E-state index contributed by atoms with van der Waals surface area (Å²) in [5.41, 5.74) is 0.832. The summed E-state index contributed by atoms with van der Waals surface area (Å²) in [6, 6.07) is 9.43. The summed E-state index contributed by atoms with van der Waals surface area (Å²) in [7, 11) is 0. The first kappa shape index (κ1) is 16.2. The van der Waals surface area contributed by atoms with Gasteiger partial charge in [-0.1, -0.05) is 38.0 Å². The van der Waals surface area contributed by atoms with Crippen LogP contribution in [0.5, 0.6) is 0 Å². The highest BCUT2D eigenvalue weighted by Gasteiger charge is 2.12. The third kappa shape index (κ3) is 5.87. The van der Waals surface area contributed by atoms with Gasteiger partial charge in [0.1, 0.15) is 0 Å². The first-order valence-corrected chi connectivity index (χ1v) is 7.25. The van der Waals surface area contributed by atoms with Crippen LogP contribution in [0.2, 0.25) is 0 Å². The summed E-state index contributed by atoms with van der Waals surface area (Å²) in [5, 5.41) is 2.89. The Balaban J connectivity index is 2.40. The molecule has 0 heterocycles. The number of amides is 2. The van der Waals surface area contributed by atoms with Gasteiger partial charge in [0.25, 0.3) is 0 Å². The SMILES string of the molecule is CCCCCNC(=O)CCN(C(C)=O)c1ccccc1. The predicted molar refractivity (Wildman–Crippen MR) is 81.6 cm³/mol. The number of nitrogens with one attached hydrogen (secondary N) is 1. The van der Waals surface area contributed by atoms with Crippen LogP contribution in [0.1, 0.15) is 39.5 Å². The van der Waals surface area contributed by atoms with E-state index in [1.807, 2.05) is 30.3 Å². The smallest absolute Gasteiger partial charge is 0.223 e. The molecule has 0 aliphatic rings. The van der Waals surface area contributed by atoms with Crippen LogP contribution in [0, 0.1) is 0 Å². The number of unbranched alkanes of at least 4 members (excludes halogenated alkanes) is 2. The maximum Gasteiger partial charge on any atom is 0.223 e. The summed E-state index contributed by atoms with van der Waals surface area (Å²) in [4.78, 5) is 25.0. The van der Waals surface area contributed by atoms with Gasteiger partial charge in [-0.15, -0.1) is 0 Å².